The molecule has 1 atom stereocenters. The van der Waals surface area contributed by atoms with Gasteiger partial charge in [0, 0.05) is 11.3 Å². The first-order valence-electron chi connectivity index (χ1n) is 10.7. The van der Waals surface area contributed by atoms with E-state index in [4.69, 9.17) is 13.9 Å². The molecule has 174 valence electrons. The van der Waals surface area contributed by atoms with Crippen molar-refractivity contribution in [1.29, 1.82) is 0 Å². The van der Waals surface area contributed by atoms with Gasteiger partial charge >= 0.3 is 5.97 Å². The van der Waals surface area contributed by atoms with Crippen LogP contribution in [0.4, 0.5) is 5.69 Å². The van der Waals surface area contributed by atoms with Gasteiger partial charge in [-0.15, -0.1) is 0 Å². The van der Waals surface area contributed by atoms with Crippen LogP contribution in [-0.4, -0.2) is 36.5 Å². The Balaban J connectivity index is 1.81. The molecule has 1 aromatic heterocycles. The van der Waals surface area contributed by atoms with Crippen LogP contribution >= 0.6 is 0 Å². The van der Waals surface area contributed by atoms with Crippen LogP contribution in [0.5, 0.6) is 5.75 Å². The molecule has 0 saturated carbocycles. The third-order valence-corrected chi connectivity index (χ3v) is 5.40. The fraction of sp³-hybridized carbons (Fsp3) is 0.192. The summed E-state index contributed by atoms with van der Waals surface area (Å²) >= 11 is 0. The number of aliphatic hydroxyl groups is 1. The lowest BCUT2D eigenvalue weighted by Gasteiger charge is -2.23. The zero-order valence-electron chi connectivity index (χ0n) is 18.7. The number of nitrogens with zero attached hydrogens (tertiary/aromatic N) is 1. The third kappa shape index (κ3) is 4.17. The molecule has 1 unspecified atom stereocenters. The Morgan fingerprint density at radius 1 is 1.06 bits per heavy atom. The highest BCUT2D eigenvalue weighted by atomic mass is 16.5. The predicted molar refractivity (Wildman–Crippen MR) is 124 cm³/mol. The molecule has 1 saturated heterocycles. The molecule has 1 fully saturated rings. The summed E-state index contributed by atoms with van der Waals surface area (Å²) in [7, 11) is 1.27. The number of methoxy groups -OCH3 is 1. The van der Waals surface area contributed by atoms with E-state index in [1.54, 1.807) is 36.4 Å². The number of carbonyl (C=O) groups excluding carboxylic acids is 3. The van der Waals surface area contributed by atoms with Gasteiger partial charge in [0.05, 0.1) is 31.1 Å². The molecule has 1 amide bonds. The Morgan fingerprint density at radius 2 is 1.82 bits per heavy atom. The van der Waals surface area contributed by atoms with Crippen molar-refractivity contribution in [3.63, 3.8) is 0 Å². The van der Waals surface area contributed by atoms with Crippen LogP contribution in [0.2, 0.25) is 0 Å². The standard InChI is InChI=1S/C26H23NO7/c1-3-13-33-19-7-4-6-17(15-19)23(28)21-22(20-8-5-14-34-20)27(25(30)24(21)29)18-11-9-16(10-12-18)26(31)32-2/h4-12,14-15,22,28H,3,13H2,1-2H3/b23-21-. The molecule has 0 aliphatic carbocycles. The Hall–Kier alpha value is -4.33. The Kier molecular flexibility index (Phi) is 6.49. The summed E-state index contributed by atoms with van der Waals surface area (Å²) in [6.07, 6.45) is 2.24. The summed E-state index contributed by atoms with van der Waals surface area (Å²) in [5.74, 6) is -1.70. The first-order chi connectivity index (χ1) is 16.5. The van der Waals surface area contributed by atoms with Gasteiger partial charge in [0.15, 0.2) is 0 Å². The number of ketones is 1. The second-order valence-electron chi connectivity index (χ2n) is 7.60. The number of ether oxygens (including phenoxy) is 2. The topological polar surface area (TPSA) is 106 Å². The van der Waals surface area contributed by atoms with Crippen molar-refractivity contribution in [3.05, 3.63) is 89.4 Å². The summed E-state index contributed by atoms with van der Waals surface area (Å²) in [4.78, 5) is 39.3. The van der Waals surface area contributed by atoms with Crippen molar-refractivity contribution >= 4 is 29.1 Å². The van der Waals surface area contributed by atoms with E-state index in [9.17, 15) is 19.5 Å². The molecule has 2 aromatic carbocycles. The van der Waals surface area contributed by atoms with Crippen molar-refractivity contribution in [3.8, 4) is 5.75 Å². The van der Waals surface area contributed by atoms with Gasteiger partial charge in [0.1, 0.15) is 23.3 Å². The molecule has 8 heteroatoms. The van der Waals surface area contributed by atoms with Crippen LogP contribution < -0.4 is 9.64 Å². The van der Waals surface area contributed by atoms with Crippen LogP contribution in [-0.2, 0) is 14.3 Å². The number of benzene rings is 2. The molecule has 2 heterocycles. The van der Waals surface area contributed by atoms with Gasteiger partial charge in [-0.2, -0.15) is 0 Å². The minimum atomic E-state index is -1.00. The fourth-order valence-electron chi connectivity index (χ4n) is 3.80. The van der Waals surface area contributed by atoms with E-state index in [0.29, 0.717) is 34.9 Å². The summed E-state index contributed by atoms with van der Waals surface area (Å²) in [5, 5.41) is 11.2. The van der Waals surface area contributed by atoms with Gasteiger partial charge in [-0.05, 0) is 55.0 Å². The van der Waals surface area contributed by atoms with Crippen LogP contribution in [0, 0.1) is 0 Å². The van der Waals surface area contributed by atoms with Gasteiger partial charge < -0.3 is 19.0 Å². The smallest absolute Gasteiger partial charge is 0.337 e. The Morgan fingerprint density at radius 3 is 2.47 bits per heavy atom. The van der Waals surface area contributed by atoms with Gasteiger partial charge in [-0.3, -0.25) is 14.5 Å². The van der Waals surface area contributed by atoms with Crippen molar-refractivity contribution in [2.45, 2.75) is 19.4 Å². The number of carbonyl (C=O) groups is 3. The SMILES string of the molecule is CCCOc1cccc(/C(O)=C2/C(=O)C(=O)N(c3ccc(C(=O)OC)cc3)C2c2ccco2)c1. The van der Waals surface area contributed by atoms with Crippen molar-refractivity contribution < 1.29 is 33.4 Å². The maximum Gasteiger partial charge on any atom is 0.337 e. The quantitative estimate of drug-likeness (QED) is 0.239. The molecule has 1 aliphatic rings. The summed E-state index contributed by atoms with van der Waals surface area (Å²) < 4.78 is 15.9. The second-order valence-corrected chi connectivity index (χ2v) is 7.60. The number of hydrogen-bond acceptors (Lipinski definition) is 7. The molecular formula is C26H23NO7. The minimum absolute atomic E-state index is 0.107. The van der Waals surface area contributed by atoms with E-state index >= 15 is 0 Å². The highest BCUT2D eigenvalue weighted by Gasteiger charge is 2.48. The van der Waals surface area contributed by atoms with E-state index in [1.807, 2.05) is 6.92 Å². The molecule has 0 bridgehead atoms. The first-order valence-corrected chi connectivity index (χ1v) is 10.7. The number of esters is 1. The number of aliphatic hydroxyl groups excluding tert-OH is 1. The van der Waals surface area contributed by atoms with Crippen molar-refractivity contribution in [2.24, 2.45) is 0 Å². The summed E-state index contributed by atoms with van der Waals surface area (Å²) in [5.41, 5.74) is 0.880. The first kappa shape index (κ1) is 22.8. The van der Waals surface area contributed by atoms with Crippen LogP contribution in [0.25, 0.3) is 5.76 Å². The summed E-state index contributed by atoms with van der Waals surface area (Å²) in [6.45, 7) is 2.48. The van der Waals surface area contributed by atoms with Gasteiger partial charge in [-0.1, -0.05) is 19.1 Å². The summed E-state index contributed by atoms with van der Waals surface area (Å²) in [6, 6.07) is 15.0. The maximum atomic E-state index is 13.1. The van der Waals surface area contributed by atoms with E-state index < -0.39 is 23.7 Å². The number of amides is 1. The zero-order valence-corrected chi connectivity index (χ0v) is 18.7. The lowest BCUT2D eigenvalue weighted by atomic mass is 9.99. The van der Waals surface area contributed by atoms with E-state index in [1.165, 1.54) is 42.5 Å². The highest BCUT2D eigenvalue weighted by Crippen LogP contribution is 2.42. The molecule has 0 spiro atoms. The van der Waals surface area contributed by atoms with E-state index in [0.717, 1.165) is 6.42 Å². The molecule has 3 aromatic rings. The average molecular weight is 461 g/mol. The van der Waals surface area contributed by atoms with E-state index in [2.05, 4.69) is 0 Å². The number of anilines is 1. The normalized spacial score (nSPS) is 17.1. The Labute approximate surface area is 196 Å². The lowest BCUT2D eigenvalue weighted by molar-refractivity contribution is -0.132. The van der Waals surface area contributed by atoms with E-state index in [-0.39, 0.29) is 11.3 Å². The lowest BCUT2D eigenvalue weighted by Crippen LogP contribution is -2.29. The second kappa shape index (κ2) is 9.66. The monoisotopic (exact) mass is 461 g/mol. The van der Waals surface area contributed by atoms with Crippen LogP contribution in [0.15, 0.2) is 76.9 Å². The van der Waals surface area contributed by atoms with Gasteiger partial charge in [0.2, 0.25) is 0 Å². The average Bonchev–Trinajstić information content (AvgIpc) is 3.49. The molecular weight excluding hydrogens is 438 g/mol. The molecule has 1 aliphatic heterocycles. The number of rotatable bonds is 7. The van der Waals surface area contributed by atoms with Gasteiger partial charge in [0.25, 0.3) is 11.7 Å². The molecule has 34 heavy (non-hydrogen) atoms. The number of furan rings is 1. The largest absolute Gasteiger partial charge is 0.507 e. The Bertz CT molecular complexity index is 1240. The fourth-order valence-corrected chi connectivity index (χ4v) is 3.80. The zero-order chi connectivity index (χ0) is 24.2. The molecule has 1 N–H and O–H groups in total. The number of Topliss-reactive ketones (excluding diaryl/α,β-unsaturated/α-hetero) is 1. The van der Waals surface area contributed by atoms with Crippen LogP contribution in [0.3, 0.4) is 0 Å². The van der Waals surface area contributed by atoms with Crippen molar-refractivity contribution in [2.75, 3.05) is 18.6 Å². The van der Waals surface area contributed by atoms with Crippen LogP contribution in [0.1, 0.15) is 41.1 Å². The minimum Gasteiger partial charge on any atom is -0.507 e. The van der Waals surface area contributed by atoms with Crippen molar-refractivity contribution in [1.82, 2.24) is 0 Å². The highest BCUT2D eigenvalue weighted by molar-refractivity contribution is 6.51. The molecule has 8 nitrogen and oxygen atoms in total. The molecule has 4 rings (SSSR count). The predicted octanol–water partition coefficient (Wildman–Crippen LogP) is 4.48. The molecule has 0 radical (unpaired) electrons. The third-order valence-electron chi connectivity index (χ3n) is 5.40. The number of hydrogen-bond donors (Lipinski definition) is 1. The van der Waals surface area contributed by atoms with Gasteiger partial charge in [-0.25, -0.2) is 4.79 Å². The maximum absolute atomic E-state index is 13.1.